The zero-order chi connectivity index (χ0) is 13.1. The summed E-state index contributed by atoms with van der Waals surface area (Å²) >= 11 is 0. The standard InChI is InChI=1S/C14H19FN2O/c1-10(2)16-14(18)17-9-3-4-13(17)11-5-7-12(15)8-6-11/h5-8,10,13H,3-4,9H2,1-2H3,(H,16,18). The monoisotopic (exact) mass is 250 g/mol. The summed E-state index contributed by atoms with van der Waals surface area (Å²) in [6.07, 6.45) is 1.94. The van der Waals surface area contributed by atoms with Gasteiger partial charge < -0.3 is 10.2 Å². The lowest BCUT2D eigenvalue weighted by atomic mass is 10.0. The lowest BCUT2D eigenvalue weighted by Gasteiger charge is -2.26. The molecular formula is C14H19FN2O. The zero-order valence-electron chi connectivity index (χ0n) is 10.8. The highest BCUT2D eigenvalue weighted by atomic mass is 19.1. The van der Waals surface area contributed by atoms with Crippen molar-refractivity contribution in [2.45, 2.75) is 38.8 Å². The number of carbonyl (C=O) groups is 1. The van der Waals surface area contributed by atoms with Gasteiger partial charge in [-0.3, -0.25) is 0 Å². The maximum atomic E-state index is 12.9. The fraction of sp³-hybridized carbons (Fsp3) is 0.500. The molecule has 1 N–H and O–H groups in total. The Morgan fingerprint density at radius 3 is 2.67 bits per heavy atom. The Balaban J connectivity index is 2.12. The molecule has 18 heavy (non-hydrogen) atoms. The first-order valence-corrected chi connectivity index (χ1v) is 6.40. The molecule has 2 rings (SSSR count). The van der Waals surface area contributed by atoms with Gasteiger partial charge in [0.15, 0.2) is 0 Å². The van der Waals surface area contributed by atoms with Gasteiger partial charge in [0.25, 0.3) is 0 Å². The van der Waals surface area contributed by atoms with E-state index in [9.17, 15) is 9.18 Å². The van der Waals surface area contributed by atoms with Gasteiger partial charge in [-0.1, -0.05) is 12.1 Å². The minimum absolute atomic E-state index is 0.0307. The van der Waals surface area contributed by atoms with Gasteiger partial charge in [0.05, 0.1) is 6.04 Å². The highest BCUT2D eigenvalue weighted by molar-refractivity contribution is 5.75. The first-order chi connectivity index (χ1) is 8.58. The number of rotatable bonds is 2. The maximum absolute atomic E-state index is 12.9. The fourth-order valence-corrected chi connectivity index (χ4v) is 2.37. The van der Waals surface area contributed by atoms with Crippen LogP contribution in [0.2, 0.25) is 0 Å². The third-order valence-corrected chi connectivity index (χ3v) is 3.18. The van der Waals surface area contributed by atoms with Crippen LogP contribution in [0.5, 0.6) is 0 Å². The number of amides is 2. The van der Waals surface area contributed by atoms with Gasteiger partial charge >= 0.3 is 6.03 Å². The van der Waals surface area contributed by atoms with Crippen LogP contribution in [0, 0.1) is 5.82 Å². The molecule has 1 heterocycles. The van der Waals surface area contributed by atoms with Crippen LogP contribution in [0.15, 0.2) is 24.3 Å². The van der Waals surface area contributed by atoms with Crippen molar-refractivity contribution in [1.29, 1.82) is 0 Å². The quantitative estimate of drug-likeness (QED) is 0.859. The zero-order valence-corrected chi connectivity index (χ0v) is 10.8. The summed E-state index contributed by atoms with van der Waals surface area (Å²) in [7, 11) is 0. The van der Waals surface area contributed by atoms with Crippen LogP contribution in [-0.4, -0.2) is 23.5 Å². The summed E-state index contributed by atoms with van der Waals surface area (Å²) in [4.78, 5) is 13.9. The van der Waals surface area contributed by atoms with E-state index in [1.807, 2.05) is 18.7 Å². The molecule has 0 bridgehead atoms. The molecule has 0 spiro atoms. The van der Waals surface area contributed by atoms with E-state index >= 15 is 0 Å². The summed E-state index contributed by atoms with van der Waals surface area (Å²) in [5, 5.41) is 2.91. The van der Waals surface area contributed by atoms with Gasteiger partial charge in [-0.2, -0.15) is 0 Å². The fourth-order valence-electron chi connectivity index (χ4n) is 2.37. The Hall–Kier alpha value is -1.58. The molecule has 3 nitrogen and oxygen atoms in total. The second-order valence-corrected chi connectivity index (χ2v) is 5.01. The average Bonchev–Trinajstić information content (AvgIpc) is 2.78. The molecule has 1 atom stereocenters. The molecule has 0 aromatic heterocycles. The van der Waals surface area contributed by atoms with Crippen LogP contribution >= 0.6 is 0 Å². The van der Waals surface area contributed by atoms with Crippen molar-refractivity contribution >= 4 is 6.03 Å². The Labute approximate surface area is 107 Å². The summed E-state index contributed by atoms with van der Waals surface area (Å²) in [6, 6.07) is 6.61. The largest absolute Gasteiger partial charge is 0.336 e. The van der Waals surface area contributed by atoms with E-state index in [0.717, 1.165) is 24.9 Å². The van der Waals surface area contributed by atoms with Crippen molar-refractivity contribution in [3.05, 3.63) is 35.6 Å². The Kier molecular flexibility index (Phi) is 3.84. The molecule has 2 amide bonds. The van der Waals surface area contributed by atoms with Gasteiger partial charge in [-0.15, -0.1) is 0 Å². The van der Waals surface area contributed by atoms with Crippen molar-refractivity contribution in [3.8, 4) is 0 Å². The summed E-state index contributed by atoms with van der Waals surface area (Å²) in [5.74, 6) is -0.241. The molecular weight excluding hydrogens is 231 g/mol. The molecule has 1 fully saturated rings. The molecule has 0 aliphatic carbocycles. The predicted octanol–water partition coefficient (Wildman–Crippen LogP) is 3.08. The van der Waals surface area contributed by atoms with E-state index in [2.05, 4.69) is 5.32 Å². The van der Waals surface area contributed by atoms with E-state index in [0.29, 0.717) is 0 Å². The normalized spacial score (nSPS) is 19.3. The number of halogens is 1. The second-order valence-electron chi connectivity index (χ2n) is 5.01. The van der Waals surface area contributed by atoms with Gasteiger partial charge in [0.1, 0.15) is 5.82 Å². The van der Waals surface area contributed by atoms with Gasteiger partial charge in [0, 0.05) is 12.6 Å². The average molecular weight is 250 g/mol. The number of hydrogen-bond donors (Lipinski definition) is 1. The first-order valence-electron chi connectivity index (χ1n) is 6.40. The molecule has 0 saturated carbocycles. The number of benzene rings is 1. The Morgan fingerprint density at radius 2 is 2.06 bits per heavy atom. The minimum Gasteiger partial charge on any atom is -0.336 e. The molecule has 1 saturated heterocycles. The van der Waals surface area contributed by atoms with Crippen molar-refractivity contribution in [2.24, 2.45) is 0 Å². The molecule has 1 aliphatic heterocycles. The summed E-state index contributed by atoms with van der Waals surface area (Å²) in [5.41, 5.74) is 1.01. The number of nitrogens with zero attached hydrogens (tertiary/aromatic N) is 1. The third kappa shape index (κ3) is 2.81. The van der Waals surface area contributed by atoms with E-state index < -0.39 is 0 Å². The van der Waals surface area contributed by atoms with Crippen LogP contribution in [-0.2, 0) is 0 Å². The molecule has 1 unspecified atom stereocenters. The highest BCUT2D eigenvalue weighted by Gasteiger charge is 2.29. The van der Waals surface area contributed by atoms with Gasteiger partial charge in [0.2, 0.25) is 0 Å². The number of likely N-dealkylation sites (tertiary alicyclic amines) is 1. The Morgan fingerprint density at radius 1 is 1.39 bits per heavy atom. The molecule has 98 valence electrons. The van der Waals surface area contributed by atoms with Crippen LogP contribution in [0.25, 0.3) is 0 Å². The maximum Gasteiger partial charge on any atom is 0.318 e. The van der Waals surface area contributed by atoms with Gasteiger partial charge in [-0.05, 0) is 44.4 Å². The number of carbonyl (C=O) groups excluding carboxylic acids is 1. The molecule has 1 aliphatic rings. The van der Waals surface area contributed by atoms with Crippen LogP contribution < -0.4 is 5.32 Å². The van der Waals surface area contributed by atoms with Crippen molar-refractivity contribution in [1.82, 2.24) is 10.2 Å². The molecule has 1 aromatic carbocycles. The van der Waals surface area contributed by atoms with Crippen molar-refractivity contribution in [2.75, 3.05) is 6.54 Å². The lowest BCUT2D eigenvalue weighted by molar-refractivity contribution is 0.190. The van der Waals surface area contributed by atoms with E-state index in [-0.39, 0.29) is 23.9 Å². The van der Waals surface area contributed by atoms with Crippen molar-refractivity contribution < 1.29 is 9.18 Å². The SMILES string of the molecule is CC(C)NC(=O)N1CCCC1c1ccc(F)cc1. The van der Waals surface area contributed by atoms with Crippen molar-refractivity contribution in [3.63, 3.8) is 0 Å². The van der Waals surface area contributed by atoms with E-state index in [1.165, 1.54) is 12.1 Å². The Bertz CT molecular complexity index is 416. The number of urea groups is 1. The molecule has 0 radical (unpaired) electrons. The number of nitrogens with one attached hydrogen (secondary N) is 1. The topological polar surface area (TPSA) is 32.3 Å². The van der Waals surface area contributed by atoms with Crippen LogP contribution in [0.4, 0.5) is 9.18 Å². The smallest absolute Gasteiger partial charge is 0.318 e. The molecule has 4 heteroatoms. The third-order valence-electron chi connectivity index (χ3n) is 3.18. The van der Waals surface area contributed by atoms with Crippen LogP contribution in [0.1, 0.15) is 38.3 Å². The first kappa shape index (κ1) is 12.9. The van der Waals surface area contributed by atoms with E-state index in [4.69, 9.17) is 0 Å². The highest BCUT2D eigenvalue weighted by Crippen LogP contribution is 2.31. The number of hydrogen-bond acceptors (Lipinski definition) is 1. The summed E-state index contributed by atoms with van der Waals surface area (Å²) < 4.78 is 12.9. The lowest BCUT2D eigenvalue weighted by Crippen LogP contribution is -2.42. The van der Waals surface area contributed by atoms with Gasteiger partial charge in [-0.25, -0.2) is 9.18 Å². The predicted molar refractivity (Wildman–Crippen MR) is 68.7 cm³/mol. The van der Waals surface area contributed by atoms with E-state index in [1.54, 1.807) is 12.1 Å². The second kappa shape index (κ2) is 5.38. The summed E-state index contributed by atoms with van der Waals surface area (Å²) in [6.45, 7) is 4.66. The minimum atomic E-state index is -0.241. The molecule has 1 aromatic rings. The van der Waals surface area contributed by atoms with Crippen LogP contribution in [0.3, 0.4) is 0 Å².